The molecular weight excluding hydrogens is 250 g/mol. The van der Waals surface area contributed by atoms with E-state index in [0.29, 0.717) is 5.56 Å². The Kier molecular flexibility index (Phi) is 2.18. The molecule has 3 rings (SSSR count). The maximum Gasteiger partial charge on any atom is 0.327 e. The number of nitrogen functional groups attached to an aromatic ring is 1. The van der Waals surface area contributed by atoms with Crippen LogP contribution in [0.4, 0.5) is 5.69 Å². The summed E-state index contributed by atoms with van der Waals surface area (Å²) in [6.07, 6.45) is 0. The number of phenols is 1. The molecule has 0 aliphatic rings. The van der Waals surface area contributed by atoms with Crippen LogP contribution >= 0.6 is 0 Å². The second-order valence-electron chi connectivity index (χ2n) is 3.96. The Balaban J connectivity index is 2.33. The molecule has 2 aromatic heterocycles. The highest BCUT2D eigenvalue weighted by atomic mass is 16.3. The molecule has 8 heteroatoms. The number of hydrogen-bond donors (Lipinski definition) is 5. The maximum atomic E-state index is 11.6. The van der Waals surface area contributed by atoms with Gasteiger partial charge in [0.2, 0.25) is 0 Å². The van der Waals surface area contributed by atoms with Crippen molar-refractivity contribution in [1.29, 1.82) is 0 Å². The molecule has 1 aromatic carbocycles. The Bertz CT molecular complexity index is 889. The van der Waals surface area contributed by atoms with Gasteiger partial charge in [0.1, 0.15) is 17.1 Å². The number of hydrogen-bond acceptors (Lipinski definition) is 5. The molecule has 0 aliphatic carbocycles. The van der Waals surface area contributed by atoms with Crippen molar-refractivity contribution in [2.24, 2.45) is 0 Å². The Morgan fingerprint density at radius 3 is 2.74 bits per heavy atom. The summed E-state index contributed by atoms with van der Waals surface area (Å²) in [5.74, 6) is 0.104. The Hall–Kier alpha value is -3.03. The van der Waals surface area contributed by atoms with E-state index in [1.165, 1.54) is 6.07 Å². The normalized spacial score (nSPS) is 10.9. The zero-order chi connectivity index (χ0) is 13.6. The number of benzene rings is 1. The molecular formula is C11H9N5O3. The molecule has 0 saturated carbocycles. The number of para-hydroxylation sites is 1. The van der Waals surface area contributed by atoms with Crippen LogP contribution in [0.25, 0.3) is 22.6 Å². The van der Waals surface area contributed by atoms with Crippen LogP contribution in [0, 0.1) is 0 Å². The predicted molar refractivity (Wildman–Crippen MR) is 68.8 cm³/mol. The molecule has 0 saturated heterocycles. The molecule has 8 nitrogen and oxygen atoms in total. The van der Waals surface area contributed by atoms with Crippen LogP contribution in [-0.4, -0.2) is 25.0 Å². The van der Waals surface area contributed by atoms with Gasteiger partial charge in [-0.2, -0.15) is 0 Å². The molecule has 19 heavy (non-hydrogen) atoms. The summed E-state index contributed by atoms with van der Waals surface area (Å²) in [6.45, 7) is 0. The number of nitrogens with zero attached hydrogens (tertiary/aromatic N) is 1. The molecule has 0 radical (unpaired) electrons. The van der Waals surface area contributed by atoms with Crippen LogP contribution in [0.15, 0.2) is 27.8 Å². The first-order valence-electron chi connectivity index (χ1n) is 5.36. The van der Waals surface area contributed by atoms with E-state index in [4.69, 9.17) is 5.73 Å². The minimum atomic E-state index is -0.646. The van der Waals surface area contributed by atoms with Gasteiger partial charge in [0, 0.05) is 0 Å². The summed E-state index contributed by atoms with van der Waals surface area (Å²) >= 11 is 0. The van der Waals surface area contributed by atoms with E-state index in [-0.39, 0.29) is 28.4 Å². The molecule has 0 aliphatic heterocycles. The van der Waals surface area contributed by atoms with Gasteiger partial charge in [-0.3, -0.25) is 14.8 Å². The van der Waals surface area contributed by atoms with E-state index in [0.717, 1.165) is 0 Å². The quantitative estimate of drug-likeness (QED) is 0.306. The average molecular weight is 259 g/mol. The summed E-state index contributed by atoms with van der Waals surface area (Å²) in [4.78, 5) is 34.0. The van der Waals surface area contributed by atoms with E-state index in [9.17, 15) is 14.7 Å². The summed E-state index contributed by atoms with van der Waals surface area (Å²) < 4.78 is 0. The number of aromatic nitrogens is 4. The van der Waals surface area contributed by atoms with Crippen molar-refractivity contribution in [2.45, 2.75) is 0 Å². The highest BCUT2D eigenvalue weighted by Crippen LogP contribution is 2.32. The lowest BCUT2D eigenvalue weighted by Crippen LogP contribution is -2.21. The first-order valence-corrected chi connectivity index (χ1v) is 5.36. The summed E-state index contributed by atoms with van der Waals surface area (Å²) in [7, 11) is 0. The molecule has 3 aromatic rings. The number of H-pyrrole nitrogens is 3. The highest BCUT2D eigenvalue weighted by molar-refractivity contribution is 5.79. The monoisotopic (exact) mass is 259 g/mol. The average Bonchev–Trinajstić information content (AvgIpc) is 2.76. The Labute approximate surface area is 104 Å². The fraction of sp³-hybridized carbons (Fsp3) is 0. The van der Waals surface area contributed by atoms with E-state index in [1.54, 1.807) is 12.1 Å². The molecule has 0 atom stereocenters. The van der Waals surface area contributed by atoms with Gasteiger partial charge in [0.05, 0.1) is 11.3 Å². The third-order valence-corrected chi connectivity index (χ3v) is 2.71. The second kappa shape index (κ2) is 3.73. The van der Waals surface area contributed by atoms with Gasteiger partial charge in [-0.1, -0.05) is 6.07 Å². The van der Waals surface area contributed by atoms with E-state index in [2.05, 4.69) is 19.9 Å². The molecule has 0 unspecified atom stereocenters. The number of rotatable bonds is 1. The number of fused-ring (bicyclic) bond motifs is 1. The van der Waals surface area contributed by atoms with Crippen molar-refractivity contribution in [3.8, 4) is 17.1 Å². The van der Waals surface area contributed by atoms with E-state index in [1.807, 2.05) is 0 Å². The minimum Gasteiger partial charge on any atom is -0.505 e. The molecule has 0 spiro atoms. The topological polar surface area (TPSA) is 141 Å². The number of anilines is 1. The molecule has 0 amide bonds. The lowest BCUT2D eigenvalue weighted by Gasteiger charge is -2.03. The zero-order valence-electron chi connectivity index (χ0n) is 9.52. The SMILES string of the molecule is Nc1cccc(-c2nc3[nH]c(=O)[nH]c(=O)c3[nH]2)c1O. The number of nitrogens with one attached hydrogen (secondary N) is 3. The zero-order valence-corrected chi connectivity index (χ0v) is 9.52. The first-order chi connectivity index (χ1) is 9.06. The van der Waals surface area contributed by atoms with E-state index < -0.39 is 11.2 Å². The standard InChI is InChI=1S/C11H9N5O3/c12-5-3-1-2-4(7(5)17)8-13-6-9(14-8)15-11(19)16-10(6)18/h1-3,17H,12H2,(H3,13,14,15,16,18,19). The van der Waals surface area contributed by atoms with Crippen molar-refractivity contribution < 1.29 is 5.11 Å². The predicted octanol–water partition coefficient (Wildman–Crippen LogP) is -0.106. The van der Waals surface area contributed by atoms with Crippen LogP contribution in [-0.2, 0) is 0 Å². The second-order valence-corrected chi connectivity index (χ2v) is 3.96. The third-order valence-electron chi connectivity index (χ3n) is 2.71. The lowest BCUT2D eigenvalue weighted by molar-refractivity contribution is 0.479. The summed E-state index contributed by atoms with van der Waals surface area (Å²) in [5.41, 5.74) is 5.14. The summed E-state index contributed by atoms with van der Waals surface area (Å²) in [5, 5.41) is 9.86. The van der Waals surface area contributed by atoms with Gasteiger partial charge in [-0.05, 0) is 12.1 Å². The number of nitrogens with two attached hydrogens (primary N) is 1. The maximum absolute atomic E-state index is 11.6. The van der Waals surface area contributed by atoms with E-state index >= 15 is 0 Å². The van der Waals surface area contributed by atoms with Crippen molar-refractivity contribution >= 4 is 16.9 Å². The van der Waals surface area contributed by atoms with Gasteiger partial charge in [0.25, 0.3) is 5.56 Å². The minimum absolute atomic E-state index is 0.116. The fourth-order valence-corrected chi connectivity index (χ4v) is 1.81. The number of aromatic hydroxyl groups is 1. The van der Waals surface area contributed by atoms with Gasteiger partial charge < -0.3 is 15.8 Å². The largest absolute Gasteiger partial charge is 0.505 e. The van der Waals surface area contributed by atoms with Gasteiger partial charge in [-0.25, -0.2) is 9.78 Å². The first kappa shape index (κ1) is 11.1. The van der Waals surface area contributed by atoms with Crippen molar-refractivity contribution in [3.05, 3.63) is 39.0 Å². The highest BCUT2D eigenvalue weighted by Gasteiger charge is 2.13. The Morgan fingerprint density at radius 1 is 1.16 bits per heavy atom. The van der Waals surface area contributed by atoms with Crippen LogP contribution in [0.3, 0.4) is 0 Å². The third kappa shape index (κ3) is 1.66. The van der Waals surface area contributed by atoms with Crippen LogP contribution in [0.5, 0.6) is 5.75 Å². The van der Waals surface area contributed by atoms with Gasteiger partial charge in [-0.15, -0.1) is 0 Å². The smallest absolute Gasteiger partial charge is 0.327 e. The summed E-state index contributed by atoms with van der Waals surface area (Å²) in [6, 6.07) is 4.77. The number of imidazole rings is 1. The Morgan fingerprint density at radius 2 is 1.95 bits per heavy atom. The molecule has 2 heterocycles. The van der Waals surface area contributed by atoms with Gasteiger partial charge in [0.15, 0.2) is 5.65 Å². The fourth-order valence-electron chi connectivity index (χ4n) is 1.81. The van der Waals surface area contributed by atoms with Gasteiger partial charge >= 0.3 is 5.69 Å². The molecule has 0 bridgehead atoms. The van der Waals surface area contributed by atoms with Crippen LogP contribution < -0.4 is 17.0 Å². The molecule has 96 valence electrons. The lowest BCUT2D eigenvalue weighted by atomic mass is 10.1. The van der Waals surface area contributed by atoms with Crippen molar-refractivity contribution in [3.63, 3.8) is 0 Å². The molecule has 0 fully saturated rings. The van der Waals surface area contributed by atoms with Crippen LogP contribution in [0.2, 0.25) is 0 Å². The van der Waals surface area contributed by atoms with Crippen molar-refractivity contribution in [2.75, 3.05) is 5.73 Å². The molecule has 6 N–H and O–H groups in total. The van der Waals surface area contributed by atoms with Crippen molar-refractivity contribution in [1.82, 2.24) is 19.9 Å². The van der Waals surface area contributed by atoms with Crippen LogP contribution in [0.1, 0.15) is 0 Å². The number of phenolic OH excluding ortho intramolecular Hbond substituents is 1. The number of aromatic amines is 3.